The van der Waals surface area contributed by atoms with E-state index in [-0.39, 0.29) is 0 Å². The Bertz CT molecular complexity index is 312. The predicted octanol–water partition coefficient (Wildman–Crippen LogP) is 4.27. The van der Waals surface area contributed by atoms with Gasteiger partial charge < -0.3 is 0 Å². The molecule has 15 heavy (non-hydrogen) atoms. The van der Waals surface area contributed by atoms with Crippen LogP contribution in [0.5, 0.6) is 0 Å². The molecule has 4 aliphatic rings. The summed E-state index contributed by atoms with van der Waals surface area (Å²) in [6.07, 6.45) is 6.90. The number of hydrogen-bond donors (Lipinski definition) is 0. The zero-order valence-corrected chi connectivity index (χ0v) is 10.6. The van der Waals surface area contributed by atoms with Gasteiger partial charge in [-0.2, -0.15) is 0 Å². The molecule has 0 radical (unpaired) electrons. The summed E-state index contributed by atoms with van der Waals surface area (Å²) < 4.78 is 0. The lowest BCUT2D eigenvalue weighted by Gasteiger charge is -2.70. The highest BCUT2D eigenvalue weighted by Gasteiger charge is 2.64. The molecule has 0 heterocycles. The molecule has 0 spiro atoms. The molecule has 4 aliphatic carbocycles. The average Bonchev–Trinajstić information content (AvgIpc) is 2.17. The summed E-state index contributed by atoms with van der Waals surface area (Å²) in [5.41, 5.74) is 2.42. The largest absolute Gasteiger partial charge is 0.0850 e. The van der Waals surface area contributed by atoms with Gasteiger partial charge in [-0.05, 0) is 61.2 Å². The van der Waals surface area contributed by atoms with E-state index in [9.17, 15) is 0 Å². The maximum atomic E-state index is 2.56. The summed E-state index contributed by atoms with van der Waals surface area (Å²) in [6.45, 7) is 9.81. The van der Waals surface area contributed by atoms with Crippen molar-refractivity contribution >= 4 is 0 Å². The second-order valence-electron chi connectivity index (χ2n) is 6.80. The van der Waals surface area contributed by atoms with Crippen LogP contribution in [0, 0.1) is 35.0 Å². The van der Waals surface area contributed by atoms with Gasteiger partial charge >= 0.3 is 0 Å². The van der Waals surface area contributed by atoms with Crippen LogP contribution in [0.25, 0.3) is 0 Å². The smallest absolute Gasteiger partial charge is 0.0115 e. The first-order valence-corrected chi connectivity index (χ1v) is 6.72. The minimum absolute atomic E-state index is 0.703. The normalized spacial score (nSPS) is 52.5. The highest BCUT2D eigenvalue weighted by Crippen LogP contribution is 2.71. The van der Waals surface area contributed by atoms with E-state index in [1.54, 1.807) is 5.57 Å². The first-order chi connectivity index (χ1) is 7.05. The Morgan fingerprint density at radius 2 is 2.13 bits per heavy atom. The van der Waals surface area contributed by atoms with Gasteiger partial charge in [-0.25, -0.2) is 0 Å². The van der Waals surface area contributed by atoms with Crippen LogP contribution in [0.4, 0.5) is 0 Å². The lowest BCUT2D eigenvalue weighted by molar-refractivity contribution is -0.181. The van der Waals surface area contributed by atoms with Crippen molar-refractivity contribution in [2.45, 2.75) is 47.0 Å². The van der Waals surface area contributed by atoms with Crippen LogP contribution in [-0.2, 0) is 0 Å². The molecule has 0 heteroatoms. The van der Waals surface area contributed by atoms with Gasteiger partial charge in [-0.3, -0.25) is 0 Å². The number of fused-ring (bicyclic) bond motifs is 1. The monoisotopic (exact) mass is 204 g/mol. The molecule has 0 amide bonds. The molecular formula is C15H24. The van der Waals surface area contributed by atoms with E-state index < -0.39 is 0 Å². The number of rotatable bonds is 1. The average molecular weight is 204 g/mol. The molecule has 4 rings (SSSR count). The van der Waals surface area contributed by atoms with Crippen molar-refractivity contribution in [3.8, 4) is 0 Å². The molecule has 5 atom stereocenters. The van der Waals surface area contributed by atoms with Crippen molar-refractivity contribution in [3.63, 3.8) is 0 Å². The van der Waals surface area contributed by atoms with Crippen LogP contribution in [-0.4, -0.2) is 0 Å². The minimum Gasteiger partial charge on any atom is -0.0850 e. The third-order valence-electron chi connectivity index (χ3n) is 5.96. The summed E-state index contributed by atoms with van der Waals surface area (Å²) in [6, 6.07) is 0. The summed E-state index contributed by atoms with van der Waals surface area (Å²) in [5, 5.41) is 0. The van der Waals surface area contributed by atoms with E-state index in [1.165, 1.54) is 19.3 Å². The first kappa shape index (κ1) is 9.93. The van der Waals surface area contributed by atoms with E-state index in [0.29, 0.717) is 5.41 Å². The zero-order valence-electron chi connectivity index (χ0n) is 10.6. The lowest BCUT2D eigenvalue weighted by atomic mass is 9.34. The fourth-order valence-corrected chi connectivity index (χ4v) is 5.25. The van der Waals surface area contributed by atoms with Crippen LogP contribution < -0.4 is 0 Å². The van der Waals surface area contributed by atoms with E-state index in [0.717, 1.165) is 29.6 Å². The molecule has 0 aliphatic heterocycles. The lowest BCUT2D eigenvalue weighted by Crippen LogP contribution is -2.63. The minimum atomic E-state index is 0.703. The van der Waals surface area contributed by atoms with E-state index >= 15 is 0 Å². The Morgan fingerprint density at radius 3 is 2.73 bits per heavy atom. The third kappa shape index (κ3) is 1.04. The van der Waals surface area contributed by atoms with Crippen molar-refractivity contribution < 1.29 is 0 Å². The Balaban J connectivity index is 1.95. The van der Waals surface area contributed by atoms with Gasteiger partial charge in [0, 0.05) is 0 Å². The Labute approximate surface area is 94.1 Å². The molecule has 0 aromatic carbocycles. The molecule has 0 aromatic heterocycles. The Kier molecular flexibility index (Phi) is 1.92. The van der Waals surface area contributed by atoms with Gasteiger partial charge in [0.25, 0.3) is 0 Å². The van der Waals surface area contributed by atoms with Gasteiger partial charge in [-0.1, -0.05) is 32.4 Å². The van der Waals surface area contributed by atoms with Crippen LogP contribution in [0.15, 0.2) is 11.6 Å². The maximum absolute atomic E-state index is 2.56. The van der Waals surface area contributed by atoms with Crippen molar-refractivity contribution in [1.29, 1.82) is 0 Å². The van der Waals surface area contributed by atoms with Crippen molar-refractivity contribution in [3.05, 3.63) is 11.6 Å². The standard InChI is InChI=1S/C15H24/c1-9(2)11-7-8-15(4)12-6-5-10(3)14(15)13(11)12/h5,9,11-14H,6-8H2,1-4H3/t11-,12-,13-,14+,15+/m0/s1. The van der Waals surface area contributed by atoms with Crippen molar-refractivity contribution in [2.24, 2.45) is 35.0 Å². The number of allylic oxidation sites excluding steroid dienone is 2. The van der Waals surface area contributed by atoms with Crippen molar-refractivity contribution in [1.82, 2.24) is 0 Å². The summed E-state index contributed by atoms with van der Waals surface area (Å²) in [7, 11) is 0. The van der Waals surface area contributed by atoms with Crippen LogP contribution in [0.2, 0.25) is 0 Å². The van der Waals surface area contributed by atoms with Gasteiger partial charge in [0.05, 0.1) is 0 Å². The third-order valence-corrected chi connectivity index (χ3v) is 5.96. The predicted molar refractivity (Wildman–Crippen MR) is 64.5 cm³/mol. The first-order valence-electron chi connectivity index (χ1n) is 6.72. The van der Waals surface area contributed by atoms with Crippen LogP contribution in [0.1, 0.15) is 47.0 Å². The molecule has 0 unspecified atom stereocenters. The summed E-state index contributed by atoms with van der Waals surface area (Å²) >= 11 is 0. The highest BCUT2D eigenvalue weighted by molar-refractivity contribution is 5.28. The molecule has 0 N–H and O–H groups in total. The molecular weight excluding hydrogens is 180 g/mol. The van der Waals surface area contributed by atoms with Gasteiger partial charge in [0.2, 0.25) is 0 Å². The molecule has 0 nitrogen and oxygen atoms in total. The van der Waals surface area contributed by atoms with Crippen LogP contribution >= 0.6 is 0 Å². The van der Waals surface area contributed by atoms with E-state index in [2.05, 4.69) is 33.8 Å². The molecule has 2 fully saturated rings. The Morgan fingerprint density at radius 1 is 1.40 bits per heavy atom. The second kappa shape index (κ2) is 2.90. The maximum Gasteiger partial charge on any atom is -0.0115 e. The highest BCUT2D eigenvalue weighted by atomic mass is 14.7. The van der Waals surface area contributed by atoms with E-state index in [1.807, 2.05) is 0 Å². The fraction of sp³-hybridized carbons (Fsp3) is 0.867. The van der Waals surface area contributed by atoms with Gasteiger partial charge in [0.15, 0.2) is 0 Å². The van der Waals surface area contributed by atoms with Crippen LogP contribution in [0.3, 0.4) is 0 Å². The Hall–Kier alpha value is -0.260. The topological polar surface area (TPSA) is 0 Å². The number of hydrogen-bond acceptors (Lipinski definition) is 0. The second-order valence-corrected chi connectivity index (χ2v) is 6.80. The molecule has 84 valence electrons. The molecule has 0 saturated heterocycles. The molecule has 4 bridgehead atoms. The van der Waals surface area contributed by atoms with Gasteiger partial charge in [0.1, 0.15) is 0 Å². The summed E-state index contributed by atoms with van der Waals surface area (Å²) in [5.74, 6) is 4.96. The molecule has 2 saturated carbocycles. The zero-order chi connectivity index (χ0) is 10.8. The van der Waals surface area contributed by atoms with Gasteiger partial charge in [-0.15, -0.1) is 0 Å². The summed E-state index contributed by atoms with van der Waals surface area (Å²) in [4.78, 5) is 0. The van der Waals surface area contributed by atoms with E-state index in [4.69, 9.17) is 0 Å². The quantitative estimate of drug-likeness (QED) is 0.559. The van der Waals surface area contributed by atoms with Crippen molar-refractivity contribution in [2.75, 3.05) is 0 Å². The fourth-order valence-electron chi connectivity index (χ4n) is 5.25. The SMILES string of the molecule is CC1=CC[C@H]2[C@H]3[C@@H]1[C@]2(C)CC[C@H]3C(C)C. The molecule has 0 aromatic rings.